The van der Waals surface area contributed by atoms with Gasteiger partial charge in [-0.2, -0.15) is 5.10 Å². The standard InChI is InChI=1S/C18H22N4O2/c1-12(14-6-4-3-5-7-14)22-16(10-15(21-22)17(23)19-2)18(24)20-11-13-8-9-13/h3-7,10,12-13H,8-9,11H2,1-2H3,(H,19,23)(H,20,24). The van der Waals surface area contributed by atoms with E-state index in [1.54, 1.807) is 17.8 Å². The van der Waals surface area contributed by atoms with E-state index in [9.17, 15) is 9.59 Å². The molecule has 1 heterocycles. The summed E-state index contributed by atoms with van der Waals surface area (Å²) < 4.78 is 1.63. The molecule has 126 valence electrons. The summed E-state index contributed by atoms with van der Waals surface area (Å²) in [5, 5.41) is 9.86. The minimum Gasteiger partial charge on any atom is -0.354 e. The van der Waals surface area contributed by atoms with Crippen LogP contribution < -0.4 is 10.6 Å². The Morgan fingerprint density at radius 1 is 1.25 bits per heavy atom. The van der Waals surface area contributed by atoms with Crippen LogP contribution in [0.3, 0.4) is 0 Å². The molecule has 3 rings (SSSR count). The molecule has 1 aliphatic rings. The predicted molar refractivity (Wildman–Crippen MR) is 90.9 cm³/mol. The molecule has 2 N–H and O–H groups in total. The van der Waals surface area contributed by atoms with E-state index >= 15 is 0 Å². The van der Waals surface area contributed by atoms with Crippen LogP contribution in [0.1, 0.15) is 52.3 Å². The minimum absolute atomic E-state index is 0.147. The fourth-order valence-electron chi connectivity index (χ4n) is 2.62. The molecule has 1 fully saturated rings. The van der Waals surface area contributed by atoms with E-state index in [-0.39, 0.29) is 23.6 Å². The van der Waals surface area contributed by atoms with Gasteiger partial charge in [0.1, 0.15) is 5.69 Å². The van der Waals surface area contributed by atoms with Gasteiger partial charge in [0.15, 0.2) is 5.69 Å². The van der Waals surface area contributed by atoms with E-state index in [4.69, 9.17) is 0 Å². The second-order valence-electron chi connectivity index (χ2n) is 6.18. The van der Waals surface area contributed by atoms with Crippen molar-refractivity contribution in [3.8, 4) is 0 Å². The highest BCUT2D eigenvalue weighted by Gasteiger charge is 2.25. The zero-order chi connectivity index (χ0) is 17.1. The molecule has 0 spiro atoms. The molecular formula is C18H22N4O2. The zero-order valence-electron chi connectivity index (χ0n) is 14.0. The first kappa shape index (κ1) is 16.2. The molecule has 1 unspecified atom stereocenters. The second-order valence-corrected chi connectivity index (χ2v) is 6.18. The van der Waals surface area contributed by atoms with Crippen LogP contribution in [-0.2, 0) is 0 Å². The molecule has 6 nitrogen and oxygen atoms in total. The quantitative estimate of drug-likeness (QED) is 0.852. The van der Waals surface area contributed by atoms with Crippen molar-refractivity contribution in [2.45, 2.75) is 25.8 Å². The summed E-state index contributed by atoms with van der Waals surface area (Å²) in [6.07, 6.45) is 2.34. The molecule has 0 bridgehead atoms. The Morgan fingerprint density at radius 3 is 2.58 bits per heavy atom. The Balaban J connectivity index is 1.91. The summed E-state index contributed by atoms with van der Waals surface area (Å²) in [7, 11) is 1.55. The SMILES string of the molecule is CNC(=O)c1cc(C(=O)NCC2CC2)n(C(C)c2ccccc2)n1. The van der Waals surface area contributed by atoms with Crippen molar-refractivity contribution in [3.05, 3.63) is 53.3 Å². The number of hydrogen-bond donors (Lipinski definition) is 2. The summed E-state index contributed by atoms with van der Waals surface area (Å²) in [6.45, 7) is 2.65. The van der Waals surface area contributed by atoms with Crippen molar-refractivity contribution in [2.24, 2.45) is 5.92 Å². The molecule has 1 aromatic carbocycles. The van der Waals surface area contributed by atoms with Gasteiger partial charge in [-0.3, -0.25) is 14.3 Å². The Labute approximate surface area is 141 Å². The van der Waals surface area contributed by atoms with E-state index in [2.05, 4.69) is 15.7 Å². The van der Waals surface area contributed by atoms with Gasteiger partial charge >= 0.3 is 0 Å². The molecule has 6 heteroatoms. The van der Waals surface area contributed by atoms with Crippen LogP contribution in [0, 0.1) is 5.92 Å². The molecule has 0 aliphatic heterocycles. The van der Waals surface area contributed by atoms with Crippen LogP contribution in [0.25, 0.3) is 0 Å². The molecule has 2 aromatic rings. The van der Waals surface area contributed by atoms with Crippen molar-refractivity contribution >= 4 is 11.8 Å². The Kier molecular flexibility index (Phi) is 4.64. The highest BCUT2D eigenvalue weighted by atomic mass is 16.2. The number of carbonyl (C=O) groups is 2. The number of amides is 2. The fourth-order valence-corrected chi connectivity index (χ4v) is 2.62. The normalized spacial score (nSPS) is 14.9. The smallest absolute Gasteiger partial charge is 0.271 e. The highest BCUT2D eigenvalue weighted by Crippen LogP contribution is 2.27. The van der Waals surface area contributed by atoms with Crippen molar-refractivity contribution < 1.29 is 9.59 Å². The monoisotopic (exact) mass is 326 g/mol. The number of carbonyl (C=O) groups excluding carboxylic acids is 2. The second kappa shape index (κ2) is 6.86. The Bertz CT molecular complexity index is 735. The van der Waals surface area contributed by atoms with Gasteiger partial charge < -0.3 is 10.6 Å². The number of hydrogen-bond acceptors (Lipinski definition) is 3. The van der Waals surface area contributed by atoms with Crippen LogP contribution in [0.5, 0.6) is 0 Å². The van der Waals surface area contributed by atoms with Crippen molar-refractivity contribution in [1.29, 1.82) is 0 Å². The molecule has 1 atom stereocenters. The largest absolute Gasteiger partial charge is 0.354 e. The molecule has 0 radical (unpaired) electrons. The molecule has 1 aromatic heterocycles. The van der Waals surface area contributed by atoms with E-state index in [1.807, 2.05) is 37.3 Å². The number of nitrogens with one attached hydrogen (secondary N) is 2. The first-order chi connectivity index (χ1) is 11.6. The van der Waals surface area contributed by atoms with E-state index in [0.717, 1.165) is 5.56 Å². The number of benzene rings is 1. The third-order valence-corrected chi connectivity index (χ3v) is 4.33. The van der Waals surface area contributed by atoms with Crippen LogP contribution in [-0.4, -0.2) is 35.2 Å². The average Bonchev–Trinajstić information content (AvgIpc) is 3.35. The lowest BCUT2D eigenvalue weighted by atomic mass is 10.1. The van der Waals surface area contributed by atoms with Crippen LogP contribution in [0.15, 0.2) is 36.4 Å². The summed E-state index contributed by atoms with van der Waals surface area (Å²) in [5.41, 5.74) is 1.68. The van der Waals surface area contributed by atoms with E-state index in [0.29, 0.717) is 18.2 Å². The van der Waals surface area contributed by atoms with Gasteiger partial charge in [-0.15, -0.1) is 0 Å². The van der Waals surface area contributed by atoms with Gasteiger partial charge in [-0.05, 0) is 31.2 Å². The van der Waals surface area contributed by atoms with Gasteiger partial charge in [-0.1, -0.05) is 30.3 Å². The first-order valence-electron chi connectivity index (χ1n) is 8.25. The van der Waals surface area contributed by atoms with E-state index < -0.39 is 0 Å². The number of aromatic nitrogens is 2. The molecular weight excluding hydrogens is 304 g/mol. The minimum atomic E-state index is -0.301. The van der Waals surface area contributed by atoms with Gasteiger partial charge in [0.05, 0.1) is 6.04 Å². The van der Waals surface area contributed by atoms with Gasteiger partial charge in [-0.25, -0.2) is 0 Å². The lowest BCUT2D eigenvalue weighted by Crippen LogP contribution is -2.29. The zero-order valence-corrected chi connectivity index (χ0v) is 14.0. The van der Waals surface area contributed by atoms with Crippen LogP contribution in [0.2, 0.25) is 0 Å². The summed E-state index contributed by atoms with van der Waals surface area (Å²) in [4.78, 5) is 24.5. The number of nitrogens with zero attached hydrogens (tertiary/aromatic N) is 2. The third kappa shape index (κ3) is 3.48. The lowest BCUT2D eigenvalue weighted by Gasteiger charge is -2.16. The summed E-state index contributed by atoms with van der Waals surface area (Å²) >= 11 is 0. The number of rotatable bonds is 6. The lowest BCUT2D eigenvalue weighted by molar-refractivity contribution is 0.0936. The average molecular weight is 326 g/mol. The maximum absolute atomic E-state index is 12.6. The van der Waals surface area contributed by atoms with Gasteiger partial charge in [0.25, 0.3) is 11.8 Å². The van der Waals surface area contributed by atoms with Crippen molar-refractivity contribution in [2.75, 3.05) is 13.6 Å². The molecule has 0 saturated heterocycles. The maximum Gasteiger partial charge on any atom is 0.271 e. The van der Waals surface area contributed by atoms with Crippen molar-refractivity contribution in [3.63, 3.8) is 0 Å². The maximum atomic E-state index is 12.6. The Morgan fingerprint density at radius 2 is 1.96 bits per heavy atom. The van der Waals surface area contributed by atoms with Crippen LogP contribution >= 0.6 is 0 Å². The van der Waals surface area contributed by atoms with Gasteiger partial charge in [0, 0.05) is 19.7 Å². The molecule has 1 saturated carbocycles. The third-order valence-electron chi connectivity index (χ3n) is 4.33. The van der Waals surface area contributed by atoms with Crippen molar-refractivity contribution in [1.82, 2.24) is 20.4 Å². The first-order valence-corrected chi connectivity index (χ1v) is 8.25. The van der Waals surface area contributed by atoms with Crippen LogP contribution in [0.4, 0.5) is 0 Å². The highest BCUT2D eigenvalue weighted by molar-refractivity contribution is 5.97. The summed E-state index contributed by atoms with van der Waals surface area (Å²) in [6, 6.07) is 11.2. The summed E-state index contributed by atoms with van der Waals surface area (Å²) in [5.74, 6) is 0.105. The van der Waals surface area contributed by atoms with E-state index in [1.165, 1.54) is 12.8 Å². The Hall–Kier alpha value is -2.63. The molecule has 1 aliphatic carbocycles. The fraction of sp³-hybridized carbons (Fsp3) is 0.389. The predicted octanol–water partition coefficient (Wildman–Crippen LogP) is 1.99. The molecule has 24 heavy (non-hydrogen) atoms. The van der Waals surface area contributed by atoms with Gasteiger partial charge in [0.2, 0.25) is 0 Å². The molecule has 2 amide bonds. The topological polar surface area (TPSA) is 76.0 Å².